The highest BCUT2D eigenvalue weighted by atomic mass is 16.5. The fourth-order valence-corrected chi connectivity index (χ4v) is 3.44. The fourth-order valence-electron chi connectivity index (χ4n) is 3.44. The summed E-state index contributed by atoms with van der Waals surface area (Å²) in [4.78, 5) is 2.57. The van der Waals surface area contributed by atoms with Crippen molar-refractivity contribution in [2.24, 2.45) is 0 Å². The lowest BCUT2D eigenvalue weighted by Gasteiger charge is -2.23. The van der Waals surface area contributed by atoms with Gasteiger partial charge in [0.15, 0.2) is 0 Å². The first-order valence-electron chi connectivity index (χ1n) is 9.06. The minimum atomic E-state index is 0.615. The molecule has 0 spiro atoms. The summed E-state index contributed by atoms with van der Waals surface area (Å²) >= 11 is 0. The lowest BCUT2D eigenvalue weighted by atomic mass is 10.1. The molecule has 1 heterocycles. The lowest BCUT2D eigenvalue weighted by Crippen LogP contribution is -2.37. The van der Waals surface area contributed by atoms with E-state index in [9.17, 15) is 0 Å². The molecule has 3 nitrogen and oxygen atoms in total. The van der Waals surface area contributed by atoms with Crippen LogP contribution in [0.25, 0.3) is 0 Å². The van der Waals surface area contributed by atoms with E-state index in [0.29, 0.717) is 12.6 Å². The molecule has 0 radical (unpaired) electrons. The number of nitrogens with zero attached hydrogens (tertiary/aromatic N) is 1. The molecule has 128 valence electrons. The molecule has 1 saturated heterocycles. The monoisotopic (exact) mass is 324 g/mol. The molecule has 3 rings (SSSR count). The van der Waals surface area contributed by atoms with Crippen LogP contribution in [0.15, 0.2) is 54.6 Å². The molecule has 24 heavy (non-hydrogen) atoms. The first kappa shape index (κ1) is 17.0. The number of rotatable bonds is 8. The Labute approximate surface area is 145 Å². The van der Waals surface area contributed by atoms with E-state index >= 15 is 0 Å². The summed E-state index contributed by atoms with van der Waals surface area (Å²) in [7, 11) is 0. The summed E-state index contributed by atoms with van der Waals surface area (Å²) in [6.07, 6.45) is 2.64. The molecule has 0 bridgehead atoms. The van der Waals surface area contributed by atoms with Gasteiger partial charge in [0.2, 0.25) is 0 Å². The lowest BCUT2D eigenvalue weighted by molar-refractivity contribution is 0.259. The Morgan fingerprint density at radius 1 is 1.08 bits per heavy atom. The quantitative estimate of drug-likeness (QED) is 0.798. The zero-order valence-electron chi connectivity index (χ0n) is 14.6. The Bertz CT molecular complexity index is 614. The van der Waals surface area contributed by atoms with E-state index in [1.807, 2.05) is 24.3 Å². The van der Waals surface area contributed by atoms with Crippen molar-refractivity contribution in [1.82, 2.24) is 10.2 Å². The minimum absolute atomic E-state index is 0.615. The second-order valence-electron chi connectivity index (χ2n) is 6.44. The summed E-state index contributed by atoms with van der Waals surface area (Å²) in [5, 5.41) is 3.62. The standard InChI is InChI=1S/C21H28N2O/c1-2-23-14-8-12-20(23)16-22-15-19-11-6-7-13-21(19)24-17-18-9-4-3-5-10-18/h3-7,9-11,13,20,22H,2,8,12,14-17H2,1H3/t20-/m0/s1. The van der Waals surface area contributed by atoms with Gasteiger partial charge in [-0.3, -0.25) is 4.90 Å². The number of para-hydroxylation sites is 1. The maximum absolute atomic E-state index is 6.04. The number of hydrogen-bond donors (Lipinski definition) is 1. The van der Waals surface area contributed by atoms with Crippen LogP contribution in [0.1, 0.15) is 30.9 Å². The van der Waals surface area contributed by atoms with Crippen LogP contribution in [0.3, 0.4) is 0 Å². The number of ether oxygens (including phenoxy) is 1. The van der Waals surface area contributed by atoms with Crippen LogP contribution in [0, 0.1) is 0 Å². The van der Waals surface area contributed by atoms with Crippen molar-refractivity contribution in [3.8, 4) is 5.75 Å². The topological polar surface area (TPSA) is 24.5 Å². The van der Waals surface area contributed by atoms with Gasteiger partial charge in [0.25, 0.3) is 0 Å². The third-order valence-electron chi connectivity index (χ3n) is 4.81. The van der Waals surface area contributed by atoms with Gasteiger partial charge >= 0.3 is 0 Å². The van der Waals surface area contributed by atoms with E-state index in [1.54, 1.807) is 0 Å². The molecule has 1 aliphatic heterocycles. The van der Waals surface area contributed by atoms with Gasteiger partial charge in [0, 0.05) is 24.7 Å². The van der Waals surface area contributed by atoms with Gasteiger partial charge in [0.1, 0.15) is 12.4 Å². The predicted octanol–water partition coefficient (Wildman–Crippen LogP) is 3.84. The van der Waals surface area contributed by atoms with Crippen LogP contribution in [0.2, 0.25) is 0 Å². The van der Waals surface area contributed by atoms with Crippen molar-refractivity contribution in [1.29, 1.82) is 0 Å². The zero-order valence-corrected chi connectivity index (χ0v) is 14.6. The molecule has 2 aromatic carbocycles. The van der Waals surface area contributed by atoms with E-state index in [-0.39, 0.29) is 0 Å². The first-order chi connectivity index (χ1) is 11.9. The Morgan fingerprint density at radius 3 is 2.71 bits per heavy atom. The molecule has 1 fully saturated rings. The number of likely N-dealkylation sites (tertiary alicyclic amines) is 1. The van der Waals surface area contributed by atoms with Crippen LogP contribution in [0.5, 0.6) is 5.75 Å². The highest BCUT2D eigenvalue weighted by Gasteiger charge is 2.22. The fraction of sp³-hybridized carbons (Fsp3) is 0.429. The number of hydrogen-bond acceptors (Lipinski definition) is 3. The molecule has 2 aromatic rings. The van der Waals surface area contributed by atoms with E-state index in [2.05, 4.69) is 47.5 Å². The summed E-state index contributed by atoms with van der Waals surface area (Å²) in [5.74, 6) is 0.979. The van der Waals surface area contributed by atoms with Crippen molar-refractivity contribution >= 4 is 0 Å². The van der Waals surface area contributed by atoms with E-state index in [4.69, 9.17) is 4.74 Å². The molecule has 1 atom stereocenters. The Hall–Kier alpha value is -1.84. The molecule has 0 aromatic heterocycles. The average molecular weight is 324 g/mol. The van der Waals surface area contributed by atoms with E-state index in [1.165, 1.54) is 30.5 Å². The summed E-state index contributed by atoms with van der Waals surface area (Å²) in [6, 6.07) is 19.4. The molecule has 1 aliphatic rings. The van der Waals surface area contributed by atoms with Gasteiger partial charge in [-0.15, -0.1) is 0 Å². The molecule has 0 aliphatic carbocycles. The number of likely N-dealkylation sites (N-methyl/N-ethyl adjacent to an activating group) is 1. The smallest absolute Gasteiger partial charge is 0.124 e. The third-order valence-corrected chi connectivity index (χ3v) is 4.81. The van der Waals surface area contributed by atoms with Crippen LogP contribution >= 0.6 is 0 Å². The van der Waals surface area contributed by atoms with Crippen molar-refractivity contribution in [3.05, 3.63) is 65.7 Å². The van der Waals surface area contributed by atoms with Gasteiger partial charge in [-0.05, 0) is 37.6 Å². The minimum Gasteiger partial charge on any atom is -0.489 e. The number of benzene rings is 2. The Balaban J connectivity index is 1.52. The van der Waals surface area contributed by atoms with Crippen LogP contribution in [0.4, 0.5) is 0 Å². The van der Waals surface area contributed by atoms with Gasteiger partial charge < -0.3 is 10.1 Å². The molecule has 0 saturated carbocycles. The maximum Gasteiger partial charge on any atom is 0.124 e. The largest absolute Gasteiger partial charge is 0.489 e. The summed E-state index contributed by atoms with van der Waals surface area (Å²) in [6.45, 7) is 7.19. The van der Waals surface area contributed by atoms with Gasteiger partial charge in [-0.1, -0.05) is 55.5 Å². The van der Waals surface area contributed by atoms with Gasteiger partial charge in [-0.2, -0.15) is 0 Å². The highest BCUT2D eigenvalue weighted by Crippen LogP contribution is 2.20. The van der Waals surface area contributed by atoms with Crippen molar-refractivity contribution in [3.63, 3.8) is 0 Å². The predicted molar refractivity (Wildman–Crippen MR) is 99.2 cm³/mol. The van der Waals surface area contributed by atoms with Crippen molar-refractivity contribution in [2.75, 3.05) is 19.6 Å². The van der Waals surface area contributed by atoms with Crippen molar-refractivity contribution in [2.45, 2.75) is 39.0 Å². The summed E-state index contributed by atoms with van der Waals surface area (Å²) < 4.78 is 6.04. The van der Waals surface area contributed by atoms with E-state index < -0.39 is 0 Å². The summed E-state index contributed by atoms with van der Waals surface area (Å²) in [5.41, 5.74) is 2.43. The molecule has 3 heteroatoms. The molecule has 0 unspecified atom stereocenters. The Kier molecular flexibility index (Phi) is 6.27. The van der Waals surface area contributed by atoms with Crippen LogP contribution in [-0.2, 0) is 13.2 Å². The normalized spacial score (nSPS) is 18.0. The zero-order chi connectivity index (χ0) is 16.6. The molecule has 0 amide bonds. The molecule has 1 N–H and O–H groups in total. The average Bonchev–Trinajstić information content (AvgIpc) is 3.09. The maximum atomic E-state index is 6.04. The van der Waals surface area contributed by atoms with Gasteiger partial charge in [-0.25, -0.2) is 0 Å². The third kappa shape index (κ3) is 4.59. The second-order valence-corrected chi connectivity index (χ2v) is 6.44. The Morgan fingerprint density at radius 2 is 1.88 bits per heavy atom. The first-order valence-corrected chi connectivity index (χ1v) is 9.06. The molecular formula is C21H28N2O. The highest BCUT2D eigenvalue weighted by molar-refractivity contribution is 5.33. The second kappa shape index (κ2) is 8.86. The van der Waals surface area contributed by atoms with Crippen LogP contribution in [-0.4, -0.2) is 30.6 Å². The van der Waals surface area contributed by atoms with Crippen LogP contribution < -0.4 is 10.1 Å². The van der Waals surface area contributed by atoms with Gasteiger partial charge in [0.05, 0.1) is 0 Å². The molecular weight excluding hydrogens is 296 g/mol. The van der Waals surface area contributed by atoms with Crippen molar-refractivity contribution < 1.29 is 4.74 Å². The number of nitrogens with one attached hydrogen (secondary N) is 1. The van der Waals surface area contributed by atoms with E-state index in [0.717, 1.165) is 25.4 Å². The SMILES string of the molecule is CCN1CCC[C@H]1CNCc1ccccc1OCc1ccccc1.